The monoisotopic (exact) mass is 606 g/mol. The number of rotatable bonds is 24. The average molecular weight is 607 g/mol. The van der Waals surface area contributed by atoms with Crippen molar-refractivity contribution in [1.29, 1.82) is 5.41 Å². The van der Waals surface area contributed by atoms with E-state index in [0.29, 0.717) is 51.3 Å². The van der Waals surface area contributed by atoms with Crippen molar-refractivity contribution in [3.63, 3.8) is 0 Å². The third kappa shape index (κ3) is 17.9. The molecule has 0 spiro atoms. The second-order valence-corrected chi connectivity index (χ2v) is 11.2. The highest BCUT2D eigenvalue weighted by molar-refractivity contribution is 5.95. The molecule has 1 aromatic rings. The number of carboxylic acids is 3. The lowest BCUT2D eigenvalue weighted by molar-refractivity contribution is -0.139. The Hall–Kier alpha value is -3.55. The first kappa shape index (κ1) is 37.5. The van der Waals surface area contributed by atoms with Crippen LogP contribution in [0.1, 0.15) is 62.6 Å². The predicted molar refractivity (Wildman–Crippen MR) is 164 cm³/mol. The number of carbonyl (C=O) groups is 4. The molecule has 0 unspecified atom stereocenters. The van der Waals surface area contributed by atoms with Gasteiger partial charge in [0.05, 0.1) is 19.6 Å². The zero-order valence-electron chi connectivity index (χ0n) is 25.8. The summed E-state index contributed by atoms with van der Waals surface area (Å²) in [6.45, 7) is 8.69. The average Bonchev–Trinajstić information content (AvgIpc) is 2.90. The third-order valence-corrected chi connectivity index (χ3v) is 7.05. The summed E-state index contributed by atoms with van der Waals surface area (Å²) in [7, 11) is 0. The molecule has 0 saturated carbocycles. The lowest BCUT2D eigenvalue weighted by Gasteiger charge is -2.29. The standard InChI is InChI=1S/C30H50N6O7/c1-4-9-34(20-28(40)41)11-13-36(19-26(37)33-18-24-15-23(3)16-25(17-24)30(31)32)14-12-35(21-29(42)43)10-8-22(2)6-5-7-27(38)39/h15-17,22H,4-14,18-21H2,1-3H3,(H3,31,32)(H,33,37)(H,38,39)(H,40,41)(H,42,43)/t22-/m1/s1. The first-order chi connectivity index (χ1) is 20.3. The zero-order chi connectivity index (χ0) is 32.4. The number of benzene rings is 1. The van der Waals surface area contributed by atoms with Gasteiger partial charge in [-0.05, 0) is 62.9 Å². The van der Waals surface area contributed by atoms with Crippen LogP contribution in [0.25, 0.3) is 0 Å². The molecule has 0 heterocycles. The van der Waals surface area contributed by atoms with Gasteiger partial charge in [0.15, 0.2) is 0 Å². The Morgan fingerprint density at radius 1 is 0.837 bits per heavy atom. The van der Waals surface area contributed by atoms with E-state index in [2.05, 4.69) is 5.32 Å². The molecular formula is C30H50N6O7. The van der Waals surface area contributed by atoms with E-state index >= 15 is 0 Å². The summed E-state index contributed by atoms with van der Waals surface area (Å²) >= 11 is 0. The number of nitrogen functional groups attached to an aromatic ring is 1. The fraction of sp³-hybridized carbons (Fsp3) is 0.633. The number of aliphatic carboxylic acids is 3. The number of nitrogens with two attached hydrogens (primary N) is 1. The highest BCUT2D eigenvalue weighted by Gasteiger charge is 2.18. The summed E-state index contributed by atoms with van der Waals surface area (Å²) < 4.78 is 0. The Balaban J connectivity index is 2.88. The van der Waals surface area contributed by atoms with Gasteiger partial charge < -0.3 is 26.4 Å². The van der Waals surface area contributed by atoms with Crippen LogP contribution in [0.5, 0.6) is 0 Å². The number of hydrogen-bond donors (Lipinski definition) is 6. The van der Waals surface area contributed by atoms with Gasteiger partial charge in [-0.15, -0.1) is 0 Å². The predicted octanol–water partition coefficient (Wildman–Crippen LogP) is 1.66. The molecule has 0 aliphatic carbocycles. The van der Waals surface area contributed by atoms with Gasteiger partial charge in [0.1, 0.15) is 5.84 Å². The summed E-state index contributed by atoms with van der Waals surface area (Å²) in [5.74, 6) is -2.76. The van der Waals surface area contributed by atoms with Gasteiger partial charge in [-0.25, -0.2) is 0 Å². The maximum Gasteiger partial charge on any atom is 0.317 e. The van der Waals surface area contributed by atoms with Gasteiger partial charge in [-0.1, -0.05) is 31.9 Å². The van der Waals surface area contributed by atoms with Gasteiger partial charge >= 0.3 is 17.9 Å². The minimum atomic E-state index is -0.957. The first-order valence-corrected chi connectivity index (χ1v) is 14.8. The van der Waals surface area contributed by atoms with Crippen molar-refractivity contribution in [2.24, 2.45) is 11.7 Å². The molecule has 7 N–H and O–H groups in total. The molecule has 0 aliphatic rings. The second-order valence-electron chi connectivity index (χ2n) is 11.2. The number of amides is 1. The number of aryl methyl sites for hydroxylation is 1. The number of carboxylic acid groups (broad SMARTS) is 3. The largest absolute Gasteiger partial charge is 0.481 e. The fourth-order valence-corrected chi connectivity index (χ4v) is 4.80. The third-order valence-electron chi connectivity index (χ3n) is 7.05. The summed E-state index contributed by atoms with van der Waals surface area (Å²) in [6.07, 6.45) is 2.92. The van der Waals surface area contributed by atoms with Crippen LogP contribution in [0, 0.1) is 18.3 Å². The quantitative estimate of drug-likeness (QED) is 0.0738. The number of amidine groups is 1. The lowest BCUT2D eigenvalue weighted by atomic mass is 10.0. The number of nitrogens with one attached hydrogen (secondary N) is 2. The smallest absolute Gasteiger partial charge is 0.317 e. The molecule has 0 saturated heterocycles. The van der Waals surface area contributed by atoms with Crippen LogP contribution in [-0.4, -0.2) is 119 Å². The van der Waals surface area contributed by atoms with E-state index in [0.717, 1.165) is 30.4 Å². The van der Waals surface area contributed by atoms with Gasteiger partial charge in [-0.2, -0.15) is 0 Å². The van der Waals surface area contributed by atoms with Crippen LogP contribution in [0.3, 0.4) is 0 Å². The maximum absolute atomic E-state index is 13.0. The van der Waals surface area contributed by atoms with Gasteiger partial charge in [-0.3, -0.25) is 39.3 Å². The first-order valence-electron chi connectivity index (χ1n) is 14.8. The van der Waals surface area contributed by atoms with Crippen molar-refractivity contribution in [3.05, 3.63) is 34.9 Å². The van der Waals surface area contributed by atoms with E-state index in [4.69, 9.17) is 16.2 Å². The molecule has 0 aliphatic heterocycles. The molecule has 0 radical (unpaired) electrons. The van der Waals surface area contributed by atoms with Crippen molar-refractivity contribution < 1.29 is 34.5 Å². The van der Waals surface area contributed by atoms with E-state index in [1.54, 1.807) is 12.1 Å². The summed E-state index contributed by atoms with van der Waals surface area (Å²) in [4.78, 5) is 52.2. The Bertz CT molecular complexity index is 1070. The molecule has 0 fully saturated rings. The van der Waals surface area contributed by atoms with Crippen LogP contribution in [0.4, 0.5) is 0 Å². The van der Waals surface area contributed by atoms with Gasteiger partial charge in [0.25, 0.3) is 0 Å². The van der Waals surface area contributed by atoms with Crippen LogP contribution >= 0.6 is 0 Å². The SMILES string of the molecule is CCCN(CCN(CCN(CC[C@H](C)CCCC(=O)O)CC(=O)O)CC(=O)NCc1cc(C)cc(C(=N)N)c1)CC(=O)O. The van der Waals surface area contributed by atoms with Crippen molar-refractivity contribution >= 4 is 29.7 Å². The number of nitrogens with zero attached hydrogens (tertiary/aromatic N) is 3. The Kier molecular flexibility index (Phi) is 17.8. The van der Waals surface area contributed by atoms with Crippen molar-refractivity contribution in [2.45, 2.75) is 59.4 Å². The summed E-state index contributed by atoms with van der Waals surface area (Å²) in [5, 5.41) is 38.2. The van der Waals surface area contributed by atoms with E-state index in [1.165, 1.54) is 0 Å². The van der Waals surface area contributed by atoms with Crippen LogP contribution < -0.4 is 11.1 Å². The van der Waals surface area contributed by atoms with Crippen molar-refractivity contribution in [1.82, 2.24) is 20.0 Å². The normalized spacial score (nSPS) is 12.0. The molecule has 43 heavy (non-hydrogen) atoms. The topological polar surface area (TPSA) is 201 Å². The summed E-state index contributed by atoms with van der Waals surface area (Å²) in [6, 6.07) is 5.47. The Labute approximate surface area is 254 Å². The van der Waals surface area contributed by atoms with E-state index in [-0.39, 0.29) is 50.3 Å². The minimum Gasteiger partial charge on any atom is -0.481 e. The zero-order valence-corrected chi connectivity index (χ0v) is 25.8. The molecule has 1 rings (SSSR count). The highest BCUT2D eigenvalue weighted by atomic mass is 16.4. The van der Waals surface area contributed by atoms with Crippen molar-refractivity contribution in [3.8, 4) is 0 Å². The van der Waals surface area contributed by atoms with Crippen LogP contribution in [0.2, 0.25) is 0 Å². The summed E-state index contributed by atoms with van der Waals surface area (Å²) in [5.41, 5.74) is 7.94. The lowest BCUT2D eigenvalue weighted by Crippen LogP contribution is -2.46. The maximum atomic E-state index is 13.0. The van der Waals surface area contributed by atoms with E-state index in [1.807, 2.05) is 41.5 Å². The second kappa shape index (κ2) is 20.4. The molecule has 242 valence electrons. The molecule has 1 amide bonds. The van der Waals surface area contributed by atoms with E-state index < -0.39 is 17.9 Å². The van der Waals surface area contributed by atoms with Crippen LogP contribution in [-0.2, 0) is 25.7 Å². The van der Waals surface area contributed by atoms with Gasteiger partial charge in [0.2, 0.25) is 5.91 Å². The molecule has 0 bridgehead atoms. The minimum absolute atomic E-state index is 0.0465. The van der Waals surface area contributed by atoms with Crippen LogP contribution in [0.15, 0.2) is 18.2 Å². The fourth-order valence-electron chi connectivity index (χ4n) is 4.80. The van der Waals surface area contributed by atoms with Crippen molar-refractivity contribution in [2.75, 3.05) is 58.9 Å². The Morgan fingerprint density at radius 2 is 1.40 bits per heavy atom. The molecule has 1 aromatic carbocycles. The Morgan fingerprint density at radius 3 is 1.91 bits per heavy atom. The molecule has 13 heteroatoms. The molecule has 13 nitrogen and oxygen atoms in total. The van der Waals surface area contributed by atoms with E-state index in [9.17, 15) is 29.4 Å². The number of hydrogen-bond acceptors (Lipinski definition) is 8. The highest BCUT2D eigenvalue weighted by Crippen LogP contribution is 2.13. The molecular weight excluding hydrogens is 556 g/mol. The number of carbonyl (C=O) groups excluding carboxylic acids is 1. The molecule has 1 atom stereocenters. The molecule has 0 aromatic heterocycles. The van der Waals surface area contributed by atoms with Gasteiger partial charge in [0, 0.05) is 44.7 Å².